The van der Waals surface area contributed by atoms with Crippen molar-refractivity contribution in [2.75, 3.05) is 5.75 Å². The highest BCUT2D eigenvalue weighted by atomic mass is 32.2. The summed E-state index contributed by atoms with van der Waals surface area (Å²) in [7, 11) is 0. The van der Waals surface area contributed by atoms with Crippen LogP contribution < -0.4 is 0 Å². The molecule has 0 saturated carbocycles. The van der Waals surface area contributed by atoms with Gasteiger partial charge in [-0.2, -0.15) is 0 Å². The number of ketones is 2. The molecule has 3 nitrogen and oxygen atoms in total. The first-order chi connectivity index (χ1) is 11.7. The Labute approximate surface area is 150 Å². The number of Topliss-reactive ketones (excluding diaryl/α,β-unsaturated/α-hetero) is 2. The van der Waals surface area contributed by atoms with E-state index in [0.717, 1.165) is 15.6 Å². The molecule has 122 valence electrons. The Hall–Kier alpha value is -1.85. The maximum absolute atomic E-state index is 12.8. The normalized spacial score (nSPS) is 17.9. The third-order valence-corrected chi connectivity index (χ3v) is 6.24. The van der Waals surface area contributed by atoms with Crippen molar-refractivity contribution in [3.8, 4) is 0 Å². The Morgan fingerprint density at radius 1 is 1.25 bits per heavy atom. The van der Waals surface area contributed by atoms with Crippen molar-refractivity contribution >= 4 is 35.1 Å². The van der Waals surface area contributed by atoms with Gasteiger partial charge in [-0.05, 0) is 17.4 Å². The average molecular weight is 355 g/mol. The monoisotopic (exact) mass is 355 g/mol. The van der Waals surface area contributed by atoms with Gasteiger partial charge in [0.05, 0.1) is 9.81 Å². The Morgan fingerprint density at radius 2 is 2.04 bits per heavy atom. The van der Waals surface area contributed by atoms with Gasteiger partial charge in [-0.15, -0.1) is 23.5 Å². The van der Waals surface area contributed by atoms with Crippen molar-refractivity contribution in [3.63, 3.8) is 0 Å². The molecule has 3 rings (SSSR count). The minimum Gasteiger partial charge on any atom is -0.294 e. The number of benzene rings is 1. The van der Waals surface area contributed by atoms with E-state index in [2.05, 4.69) is 4.98 Å². The molecule has 0 N–H and O–H groups in total. The number of thioether (sulfide) groups is 2. The fourth-order valence-corrected chi connectivity index (χ4v) is 5.24. The van der Waals surface area contributed by atoms with Gasteiger partial charge >= 0.3 is 0 Å². The van der Waals surface area contributed by atoms with Gasteiger partial charge in [-0.3, -0.25) is 14.6 Å². The summed E-state index contributed by atoms with van der Waals surface area (Å²) >= 11 is 3.17. The van der Waals surface area contributed by atoms with Crippen molar-refractivity contribution in [3.05, 3.63) is 75.8 Å². The summed E-state index contributed by atoms with van der Waals surface area (Å²) in [5.41, 5.74) is 1.94. The molecule has 1 aliphatic heterocycles. The van der Waals surface area contributed by atoms with Crippen LogP contribution in [0, 0.1) is 0 Å². The van der Waals surface area contributed by atoms with Crippen LogP contribution in [0.3, 0.4) is 0 Å². The summed E-state index contributed by atoms with van der Waals surface area (Å²) in [6, 6.07) is 12.9. The molecule has 0 bridgehead atoms. The zero-order valence-electron chi connectivity index (χ0n) is 13.3. The Balaban J connectivity index is 1.96. The molecular weight excluding hydrogens is 338 g/mol. The Morgan fingerprint density at radius 3 is 2.71 bits per heavy atom. The molecule has 0 unspecified atom stereocenters. The van der Waals surface area contributed by atoms with Gasteiger partial charge < -0.3 is 0 Å². The number of aromatic nitrogens is 1. The Bertz CT molecular complexity index is 772. The first-order valence-electron chi connectivity index (χ1n) is 7.77. The lowest BCUT2D eigenvalue weighted by molar-refractivity contribution is -0.115. The van der Waals surface area contributed by atoms with Crippen LogP contribution in [-0.4, -0.2) is 22.3 Å². The molecule has 0 amide bonds. The summed E-state index contributed by atoms with van der Waals surface area (Å²) < 4.78 is 0.830. The summed E-state index contributed by atoms with van der Waals surface area (Å²) in [6.45, 7) is 2.03. The van der Waals surface area contributed by atoms with Crippen LogP contribution in [0.2, 0.25) is 0 Å². The van der Waals surface area contributed by atoms with E-state index in [0.29, 0.717) is 17.6 Å². The third kappa shape index (κ3) is 3.62. The fourth-order valence-electron chi connectivity index (χ4n) is 2.56. The second-order valence-electron chi connectivity index (χ2n) is 5.31. The largest absolute Gasteiger partial charge is 0.294 e. The molecule has 0 aliphatic carbocycles. The van der Waals surface area contributed by atoms with Gasteiger partial charge in [-0.1, -0.05) is 43.3 Å². The molecule has 1 atom stereocenters. The highest BCUT2D eigenvalue weighted by Gasteiger charge is 2.33. The number of rotatable bonds is 5. The molecule has 1 aliphatic rings. The second-order valence-corrected chi connectivity index (χ2v) is 8.06. The lowest BCUT2D eigenvalue weighted by Crippen LogP contribution is -2.20. The van der Waals surface area contributed by atoms with Crippen LogP contribution in [0.5, 0.6) is 0 Å². The number of allylic oxidation sites excluding steroid dienone is 1. The summed E-state index contributed by atoms with van der Waals surface area (Å²) in [6.07, 6.45) is 3.85. The minimum absolute atomic E-state index is 0.0209. The van der Waals surface area contributed by atoms with E-state index in [-0.39, 0.29) is 16.8 Å². The van der Waals surface area contributed by atoms with Crippen LogP contribution in [0.1, 0.15) is 34.5 Å². The molecule has 0 saturated heterocycles. The van der Waals surface area contributed by atoms with E-state index >= 15 is 0 Å². The zero-order valence-corrected chi connectivity index (χ0v) is 14.9. The number of hydrogen-bond donors (Lipinski definition) is 0. The molecule has 0 spiro atoms. The highest BCUT2D eigenvalue weighted by Crippen LogP contribution is 2.48. The second kappa shape index (κ2) is 7.81. The lowest BCUT2D eigenvalue weighted by Gasteiger charge is -2.25. The first kappa shape index (κ1) is 17.0. The number of nitrogens with zero attached hydrogens (tertiary/aromatic N) is 1. The zero-order chi connectivity index (χ0) is 16.9. The molecule has 0 fully saturated rings. The van der Waals surface area contributed by atoms with Crippen LogP contribution in [-0.2, 0) is 4.79 Å². The van der Waals surface area contributed by atoms with Crippen molar-refractivity contribution < 1.29 is 9.59 Å². The van der Waals surface area contributed by atoms with Crippen molar-refractivity contribution in [2.45, 2.75) is 18.6 Å². The molecule has 24 heavy (non-hydrogen) atoms. The van der Waals surface area contributed by atoms with Gasteiger partial charge in [0, 0.05) is 29.6 Å². The average Bonchev–Trinajstić information content (AvgIpc) is 2.63. The highest BCUT2D eigenvalue weighted by molar-refractivity contribution is 8.22. The summed E-state index contributed by atoms with van der Waals surface area (Å²) in [5, 5.41) is 0.0209. The van der Waals surface area contributed by atoms with E-state index in [1.165, 1.54) is 0 Å². The van der Waals surface area contributed by atoms with Crippen molar-refractivity contribution in [1.29, 1.82) is 0 Å². The maximum atomic E-state index is 12.8. The van der Waals surface area contributed by atoms with E-state index < -0.39 is 0 Å². The predicted octanol–water partition coefficient (Wildman–Crippen LogP) is 4.68. The quantitative estimate of drug-likeness (QED) is 0.576. The van der Waals surface area contributed by atoms with E-state index in [1.54, 1.807) is 48.1 Å². The van der Waals surface area contributed by atoms with Crippen LogP contribution in [0.25, 0.3) is 0 Å². The van der Waals surface area contributed by atoms with Gasteiger partial charge in [0.25, 0.3) is 0 Å². The summed E-state index contributed by atoms with van der Waals surface area (Å²) in [5.74, 6) is 0.571. The standard InChI is InChI=1S/C19H17NO2S2/c1-2-23-19-17(18(22)13-7-4-3-5-8-13)15(21)11-16(24-19)14-9-6-10-20-12-14/h3-10,12,16H,2,11H2,1H3/t16-/m0/s1. The Kier molecular flexibility index (Phi) is 5.53. The molecular formula is C19H17NO2S2. The number of carbonyl (C=O) groups is 2. The summed E-state index contributed by atoms with van der Waals surface area (Å²) in [4.78, 5) is 29.7. The van der Waals surface area contributed by atoms with Crippen LogP contribution in [0.4, 0.5) is 0 Å². The molecule has 1 aromatic carbocycles. The third-order valence-electron chi connectivity index (χ3n) is 3.70. The SMILES string of the molecule is CCSC1=C(C(=O)c2ccccc2)C(=O)C[C@@H](c2cccnc2)S1. The fraction of sp³-hybridized carbons (Fsp3) is 0.211. The molecule has 5 heteroatoms. The van der Waals surface area contributed by atoms with Crippen LogP contribution in [0.15, 0.2) is 64.7 Å². The van der Waals surface area contributed by atoms with Crippen LogP contribution >= 0.6 is 23.5 Å². The maximum Gasteiger partial charge on any atom is 0.198 e. The number of hydrogen-bond acceptors (Lipinski definition) is 5. The van der Waals surface area contributed by atoms with Crippen molar-refractivity contribution in [2.24, 2.45) is 0 Å². The van der Waals surface area contributed by atoms with Gasteiger partial charge in [0.1, 0.15) is 0 Å². The molecule has 2 aromatic rings. The van der Waals surface area contributed by atoms with Gasteiger partial charge in [0.2, 0.25) is 0 Å². The van der Waals surface area contributed by atoms with Gasteiger partial charge in [-0.25, -0.2) is 0 Å². The van der Waals surface area contributed by atoms with E-state index in [9.17, 15) is 9.59 Å². The topological polar surface area (TPSA) is 47.0 Å². The smallest absolute Gasteiger partial charge is 0.198 e. The first-order valence-corrected chi connectivity index (χ1v) is 9.63. The number of carbonyl (C=O) groups excluding carboxylic acids is 2. The minimum atomic E-state index is -0.173. The van der Waals surface area contributed by atoms with Crippen molar-refractivity contribution in [1.82, 2.24) is 4.98 Å². The molecule has 1 aromatic heterocycles. The lowest BCUT2D eigenvalue weighted by atomic mass is 9.97. The molecule has 0 radical (unpaired) electrons. The van der Waals surface area contributed by atoms with Gasteiger partial charge in [0.15, 0.2) is 11.6 Å². The van der Waals surface area contributed by atoms with E-state index in [1.807, 2.05) is 37.3 Å². The van der Waals surface area contributed by atoms with E-state index in [4.69, 9.17) is 0 Å². The molecule has 2 heterocycles. The number of pyridine rings is 1. The predicted molar refractivity (Wildman–Crippen MR) is 100 cm³/mol.